The standard InChI is InChI=1S/C25H18N2O2/c28-25(18-29-24-14-12-20-7-1-2-8-21(20)17-24)27-23-10-5-6-19(16-23)11-13-22-9-3-4-15-26-22/h1-10,12,14-17H,18H2,(H,27,28). The van der Waals surface area contributed by atoms with Gasteiger partial charge in [-0.1, -0.05) is 48.4 Å². The molecule has 0 aliphatic heterocycles. The van der Waals surface area contributed by atoms with Gasteiger partial charge in [-0.15, -0.1) is 0 Å². The first-order valence-corrected chi connectivity index (χ1v) is 9.21. The number of aromatic nitrogens is 1. The second kappa shape index (κ2) is 8.73. The lowest BCUT2D eigenvalue weighted by atomic mass is 10.1. The van der Waals surface area contributed by atoms with Crippen molar-refractivity contribution in [3.63, 3.8) is 0 Å². The molecule has 0 saturated heterocycles. The molecule has 1 amide bonds. The Morgan fingerprint density at radius 3 is 2.59 bits per heavy atom. The summed E-state index contributed by atoms with van der Waals surface area (Å²) in [4.78, 5) is 16.4. The van der Waals surface area contributed by atoms with Gasteiger partial charge in [-0.05, 0) is 59.2 Å². The molecule has 4 nitrogen and oxygen atoms in total. The SMILES string of the molecule is O=C(COc1ccc2ccccc2c1)Nc1cccc(C#Cc2ccccn2)c1. The molecule has 4 rings (SSSR count). The topological polar surface area (TPSA) is 51.2 Å². The highest BCUT2D eigenvalue weighted by atomic mass is 16.5. The van der Waals surface area contributed by atoms with Crippen molar-refractivity contribution < 1.29 is 9.53 Å². The van der Waals surface area contributed by atoms with Crippen LogP contribution < -0.4 is 10.1 Å². The lowest BCUT2D eigenvalue weighted by molar-refractivity contribution is -0.118. The van der Waals surface area contributed by atoms with E-state index in [4.69, 9.17) is 4.74 Å². The Hall–Kier alpha value is -4.10. The predicted octanol–water partition coefficient (Wildman–Crippen LogP) is 4.65. The van der Waals surface area contributed by atoms with Crippen LogP contribution in [0.1, 0.15) is 11.3 Å². The van der Waals surface area contributed by atoms with Gasteiger partial charge in [0, 0.05) is 17.4 Å². The van der Waals surface area contributed by atoms with E-state index in [1.807, 2.05) is 84.9 Å². The first-order valence-electron chi connectivity index (χ1n) is 9.21. The van der Waals surface area contributed by atoms with E-state index in [2.05, 4.69) is 22.1 Å². The number of fused-ring (bicyclic) bond motifs is 1. The van der Waals surface area contributed by atoms with E-state index in [1.165, 1.54) is 0 Å². The molecular weight excluding hydrogens is 360 g/mol. The largest absolute Gasteiger partial charge is 0.484 e. The summed E-state index contributed by atoms with van der Waals surface area (Å²) < 4.78 is 5.64. The monoisotopic (exact) mass is 378 g/mol. The van der Waals surface area contributed by atoms with Gasteiger partial charge < -0.3 is 10.1 Å². The Bertz CT molecular complexity index is 1210. The van der Waals surface area contributed by atoms with Crippen molar-refractivity contribution in [2.75, 3.05) is 11.9 Å². The summed E-state index contributed by atoms with van der Waals surface area (Å²) >= 11 is 0. The number of hydrogen-bond donors (Lipinski definition) is 1. The highest BCUT2D eigenvalue weighted by Gasteiger charge is 2.05. The average molecular weight is 378 g/mol. The minimum Gasteiger partial charge on any atom is -0.484 e. The summed E-state index contributed by atoms with van der Waals surface area (Å²) in [6, 6.07) is 26.8. The first-order chi connectivity index (χ1) is 14.3. The highest BCUT2D eigenvalue weighted by Crippen LogP contribution is 2.20. The predicted molar refractivity (Wildman–Crippen MR) is 115 cm³/mol. The molecule has 0 saturated carbocycles. The molecule has 0 fully saturated rings. The Kier molecular flexibility index (Phi) is 5.50. The molecule has 29 heavy (non-hydrogen) atoms. The molecule has 0 spiro atoms. The molecule has 0 atom stereocenters. The van der Waals surface area contributed by atoms with Gasteiger partial charge in [-0.3, -0.25) is 4.79 Å². The van der Waals surface area contributed by atoms with E-state index in [-0.39, 0.29) is 12.5 Å². The smallest absolute Gasteiger partial charge is 0.262 e. The van der Waals surface area contributed by atoms with Crippen LogP contribution in [0.3, 0.4) is 0 Å². The Morgan fingerprint density at radius 2 is 1.72 bits per heavy atom. The fourth-order valence-electron chi connectivity index (χ4n) is 2.85. The lowest BCUT2D eigenvalue weighted by Crippen LogP contribution is -2.20. The number of rotatable bonds is 4. The van der Waals surface area contributed by atoms with Crippen LogP contribution in [0.5, 0.6) is 5.75 Å². The van der Waals surface area contributed by atoms with E-state index in [9.17, 15) is 4.79 Å². The van der Waals surface area contributed by atoms with E-state index in [0.29, 0.717) is 17.1 Å². The molecule has 3 aromatic carbocycles. The van der Waals surface area contributed by atoms with Crippen LogP contribution in [0, 0.1) is 11.8 Å². The summed E-state index contributed by atoms with van der Waals surface area (Å²) in [5, 5.41) is 5.05. The maximum atomic E-state index is 12.3. The number of anilines is 1. The molecule has 1 N–H and O–H groups in total. The van der Waals surface area contributed by atoms with Crippen LogP contribution in [0.2, 0.25) is 0 Å². The Balaban J connectivity index is 1.37. The van der Waals surface area contributed by atoms with Crippen molar-refractivity contribution in [2.24, 2.45) is 0 Å². The van der Waals surface area contributed by atoms with Crippen molar-refractivity contribution >= 4 is 22.4 Å². The van der Waals surface area contributed by atoms with Gasteiger partial charge in [0.25, 0.3) is 5.91 Å². The number of amides is 1. The third-order valence-corrected chi connectivity index (χ3v) is 4.24. The molecule has 0 bridgehead atoms. The van der Waals surface area contributed by atoms with Crippen molar-refractivity contribution in [1.29, 1.82) is 0 Å². The van der Waals surface area contributed by atoms with E-state index >= 15 is 0 Å². The van der Waals surface area contributed by atoms with Gasteiger partial charge in [0.1, 0.15) is 11.4 Å². The minimum absolute atomic E-state index is 0.0673. The summed E-state index contributed by atoms with van der Waals surface area (Å²) in [6.07, 6.45) is 1.70. The second-order valence-corrected chi connectivity index (χ2v) is 6.39. The van der Waals surface area contributed by atoms with Gasteiger partial charge in [0.2, 0.25) is 0 Å². The first kappa shape index (κ1) is 18.3. The third kappa shape index (κ3) is 5.00. The van der Waals surface area contributed by atoms with Gasteiger partial charge in [0.05, 0.1) is 0 Å². The maximum absolute atomic E-state index is 12.3. The summed E-state index contributed by atoms with van der Waals surface area (Å²) in [6.45, 7) is -0.0673. The quantitative estimate of drug-likeness (QED) is 0.526. The second-order valence-electron chi connectivity index (χ2n) is 6.39. The van der Waals surface area contributed by atoms with Gasteiger partial charge in [-0.2, -0.15) is 0 Å². The van der Waals surface area contributed by atoms with Crippen LogP contribution in [0.25, 0.3) is 10.8 Å². The molecule has 1 aromatic heterocycles. The minimum atomic E-state index is -0.229. The molecule has 0 aliphatic carbocycles. The van der Waals surface area contributed by atoms with Crippen LogP contribution in [-0.4, -0.2) is 17.5 Å². The number of carbonyl (C=O) groups excluding carboxylic acids is 1. The van der Waals surface area contributed by atoms with Gasteiger partial charge in [0.15, 0.2) is 6.61 Å². The number of nitrogens with zero attached hydrogens (tertiary/aromatic N) is 1. The van der Waals surface area contributed by atoms with E-state index in [1.54, 1.807) is 6.20 Å². The lowest BCUT2D eigenvalue weighted by Gasteiger charge is -2.08. The van der Waals surface area contributed by atoms with Crippen molar-refractivity contribution in [1.82, 2.24) is 4.98 Å². The Morgan fingerprint density at radius 1 is 0.862 bits per heavy atom. The summed E-state index contributed by atoms with van der Waals surface area (Å²) in [5.74, 6) is 6.49. The zero-order chi connectivity index (χ0) is 19.9. The molecule has 1 heterocycles. The van der Waals surface area contributed by atoms with E-state index < -0.39 is 0 Å². The fraction of sp³-hybridized carbons (Fsp3) is 0.0400. The summed E-state index contributed by atoms with van der Waals surface area (Å²) in [5.41, 5.74) is 2.17. The number of hydrogen-bond acceptors (Lipinski definition) is 3. The van der Waals surface area contributed by atoms with Crippen LogP contribution in [0.4, 0.5) is 5.69 Å². The third-order valence-electron chi connectivity index (χ3n) is 4.24. The van der Waals surface area contributed by atoms with Crippen molar-refractivity contribution in [2.45, 2.75) is 0 Å². The number of pyridine rings is 1. The Labute approximate surface area is 169 Å². The molecule has 0 radical (unpaired) electrons. The number of carbonyl (C=O) groups is 1. The van der Waals surface area contributed by atoms with Gasteiger partial charge in [-0.25, -0.2) is 4.98 Å². The number of benzene rings is 3. The maximum Gasteiger partial charge on any atom is 0.262 e. The zero-order valence-corrected chi connectivity index (χ0v) is 15.6. The molecule has 140 valence electrons. The number of ether oxygens (including phenoxy) is 1. The van der Waals surface area contributed by atoms with Crippen LogP contribution in [0.15, 0.2) is 91.1 Å². The molecule has 4 heteroatoms. The highest BCUT2D eigenvalue weighted by molar-refractivity contribution is 5.92. The average Bonchev–Trinajstić information content (AvgIpc) is 2.77. The molecule has 4 aromatic rings. The fourth-order valence-corrected chi connectivity index (χ4v) is 2.85. The zero-order valence-electron chi connectivity index (χ0n) is 15.6. The molecular formula is C25H18N2O2. The molecule has 0 unspecified atom stereocenters. The normalized spacial score (nSPS) is 10.1. The van der Waals surface area contributed by atoms with Crippen LogP contribution in [-0.2, 0) is 4.79 Å². The van der Waals surface area contributed by atoms with Crippen molar-refractivity contribution in [3.8, 4) is 17.6 Å². The van der Waals surface area contributed by atoms with Gasteiger partial charge >= 0.3 is 0 Å². The summed E-state index contributed by atoms with van der Waals surface area (Å²) in [7, 11) is 0. The van der Waals surface area contributed by atoms with Crippen LogP contribution >= 0.6 is 0 Å². The van der Waals surface area contributed by atoms with Crippen molar-refractivity contribution in [3.05, 3.63) is 102 Å². The molecule has 0 aliphatic rings. The van der Waals surface area contributed by atoms with E-state index in [0.717, 1.165) is 16.3 Å². The number of nitrogens with one attached hydrogen (secondary N) is 1.